The van der Waals surface area contributed by atoms with Crippen LogP contribution in [0.3, 0.4) is 0 Å². The van der Waals surface area contributed by atoms with Crippen LogP contribution in [0, 0.1) is 6.92 Å². The first-order valence-corrected chi connectivity index (χ1v) is 9.62. The zero-order valence-corrected chi connectivity index (χ0v) is 16.8. The normalized spacial score (nSPS) is 19.9. The molecule has 4 rings (SSSR count). The maximum Gasteiger partial charge on any atom is 0.270 e. The largest absolute Gasteiger partial charge is 0.497 e. The first kappa shape index (κ1) is 18.6. The molecule has 1 fully saturated rings. The number of methoxy groups -OCH3 is 1. The lowest BCUT2D eigenvalue weighted by Gasteiger charge is -2.35. The van der Waals surface area contributed by atoms with Gasteiger partial charge in [0.2, 0.25) is 0 Å². The molecule has 1 aliphatic heterocycles. The molecule has 1 saturated heterocycles. The SMILES string of the molecule is COc1ccc(Cn2c(C(=O)N3C[C@@H](C)O[C@H](C)C3)cc3oc(C)cc32)cc1. The number of fused-ring (bicyclic) bond motifs is 1. The highest BCUT2D eigenvalue weighted by molar-refractivity contribution is 5.97. The molecule has 1 amide bonds. The number of nitrogens with zero attached hydrogens (tertiary/aromatic N) is 2. The van der Waals surface area contributed by atoms with Gasteiger partial charge < -0.3 is 23.4 Å². The Labute approximate surface area is 164 Å². The summed E-state index contributed by atoms with van der Waals surface area (Å²) < 4.78 is 18.9. The maximum atomic E-state index is 13.3. The van der Waals surface area contributed by atoms with E-state index in [1.807, 2.05) is 66.6 Å². The van der Waals surface area contributed by atoms with Gasteiger partial charge in [0.1, 0.15) is 17.2 Å². The highest BCUT2D eigenvalue weighted by atomic mass is 16.5. The van der Waals surface area contributed by atoms with E-state index < -0.39 is 0 Å². The van der Waals surface area contributed by atoms with Crippen molar-refractivity contribution in [3.05, 3.63) is 53.4 Å². The molecule has 6 heteroatoms. The van der Waals surface area contributed by atoms with Crippen molar-refractivity contribution in [1.29, 1.82) is 0 Å². The lowest BCUT2D eigenvalue weighted by atomic mass is 10.2. The number of rotatable bonds is 4. The molecular weight excluding hydrogens is 356 g/mol. The zero-order chi connectivity index (χ0) is 19.8. The molecule has 2 atom stereocenters. The highest BCUT2D eigenvalue weighted by Crippen LogP contribution is 2.27. The van der Waals surface area contributed by atoms with Gasteiger partial charge in [-0.25, -0.2) is 0 Å². The van der Waals surface area contributed by atoms with E-state index in [-0.39, 0.29) is 18.1 Å². The molecule has 0 aliphatic carbocycles. The number of furan rings is 1. The fourth-order valence-corrected chi connectivity index (χ4v) is 3.93. The van der Waals surface area contributed by atoms with Crippen LogP contribution in [0.5, 0.6) is 5.75 Å². The van der Waals surface area contributed by atoms with Crippen LogP contribution in [0.4, 0.5) is 0 Å². The van der Waals surface area contributed by atoms with Crippen LogP contribution in [0.15, 0.2) is 40.8 Å². The Bertz CT molecular complexity index is 976. The van der Waals surface area contributed by atoms with E-state index in [1.165, 1.54) is 0 Å². The Morgan fingerprint density at radius 3 is 2.46 bits per heavy atom. The maximum absolute atomic E-state index is 13.3. The molecule has 148 valence electrons. The van der Waals surface area contributed by atoms with Gasteiger partial charge in [-0.15, -0.1) is 0 Å². The molecule has 0 bridgehead atoms. The molecule has 3 aromatic rings. The van der Waals surface area contributed by atoms with Crippen molar-refractivity contribution in [3.63, 3.8) is 0 Å². The smallest absolute Gasteiger partial charge is 0.270 e. The third-order valence-electron chi connectivity index (χ3n) is 5.14. The summed E-state index contributed by atoms with van der Waals surface area (Å²) in [6.45, 7) is 7.70. The molecule has 0 unspecified atom stereocenters. The fourth-order valence-electron chi connectivity index (χ4n) is 3.93. The average molecular weight is 382 g/mol. The highest BCUT2D eigenvalue weighted by Gasteiger charge is 2.29. The average Bonchev–Trinajstić information content (AvgIpc) is 3.18. The first-order valence-electron chi connectivity index (χ1n) is 9.62. The lowest BCUT2D eigenvalue weighted by molar-refractivity contribution is -0.0588. The van der Waals surface area contributed by atoms with Gasteiger partial charge in [-0.2, -0.15) is 0 Å². The van der Waals surface area contributed by atoms with Crippen molar-refractivity contribution in [3.8, 4) is 5.75 Å². The number of aromatic nitrogens is 1. The predicted octanol–water partition coefficient (Wildman–Crippen LogP) is 3.85. The van der Waals surface area contributed by atoms with Gasteiger partial charge in [-0.05, 0) is 38.5 Å². The second kappa shape index (κ2) is 7.36. The topological polar surface area (TPSA) is 56.8 Å². The standard InChI is InChI=1S/C22H26N2O4/c1-14-9-19-21(28-14)10-20(22(25)23-11-15(2)27-16(3)12-23)24(19)13-17-5-7-18(26-4)8-6-17/h5-10,15-16H,11-13H2,1-4H3/t15-,16-/m1/s1. The quantitative estimate of drug-likeness (QED) is 0.688. The summed E-state index contributed by atoms with van der Waals surface area (Å²) in [5, 5.41) is 0. The molecule has 3 heterocycles. The molecule has 0 spiro atoms. The van der Waals surface area contributed by atoms with E-state index in [9.17, 15) is 4.79 Å². The molecule has 1 aliphatic rings. The molecule has 6 nitrogen and oxygen atoms in total. The first-order chi connectivity index (χ1) is 13.4. The van der Waals surface area contributed by atoms with Crippen LogP contribution in [-0.4, -0.2) is 47.8 Å². The minimum atomic E-state index is 0.0135. The van der Waals surface area contributed by atoms with E-state index in [2.05, 4.69) is 0 Å². The zero-order valence-electron chi connectivity index (χ0n) is 16.8. The van der Waals surface area contributed by atoms with Gasteiger partial charge in [-0.1, -0.05) is 12.1 Å². The number of carbonyl (C=O) groups excluding carboxylic acids is 1. The van der Waals surface area contributed by atoms with Gasteiger partial charge in [0.25, 0.3) is 5.91 Å². The number of morpholine rings is 1. The summed E-state index contributed by atoms with van der Waals surface area (Å²) in [4.78, 5) is 15.2. The molecule has 0 saturated carbocycles. The summed E-state index contributed by atoms with van der Waals surface area (Å²) in [6.07, 6.45) is 0.0610. The van der Waals surface area contributed by atoms with Gasteiger partial charge in [0.15, 0.2) is 5.58 Å². The van der Waals surface area contributed by atoms with E-state index in [0.29, 0.717) is 25.3 Å². The van der Waals surface area contributed by atoms with Crippen LogP contribution in [0.1, 0.15) is 35.7 Å². The minimum absolute atomic E-state index is 0.0135. The van der Waals surface area contributed by atoms with Crippen LogP contribution in [-0.2, 0) is 11.3 Å². The Balaban J connectivity index is 1.70. The lowest BCUT2D eigenvalue weighted by Crippen LogP contribution is -2.48. The van der Waals surface area contributed by atoms with Crippen molar-refractivity contribution < 1.29 is 18.7 Å². The third kappa shape index (κ3) is 3.52. The summed E-state index contributed by atoms with van der Waals surface area (Å²) >= 11 is 0. The summed E-state index contributed by atoms with van der Waals surface area (Å²) in [6, 6.07) is 11.8. The number of aryl methyl sites for hydroxylation is 1. The van der Waals surface area contributed by atoms with Gasteiger partial charge >= 0.3 is 0 Å². The van der Waals surface area contributed by atoms with Crippen LogP contribution < -0.4 is 4.74 Å². The number of ether oxygens (including phenoxy) is 2. The van der Waals surface area contributed by atoms with E-state index in [0.717, 1.165) is 28.2 Å². The molecule has 28 heavy (non-hydrogen) atoms. The Morgan fingerprint density at radius 2 is 1.82 bits per heavy atom. The fraction of sp³-hybridized carbons (Fsp3) is 0.409. The number of benzene rings is 1. The number of amides is 1. The van der Waals surface area contributed by atoms with Crippen molar-refractivity contribution >= 4 is 17.0 Å². The molecule has 0 radical (unpaired) electrons. The number of carbonyl (C=O) groups is 1. The molecule has 0 N–H and O–H groups in total. The molecular formula is C22H26N2O4. The Hall–Kier alpha value is -2.73. The van der Waals surface area contributed by atoms with Crippen molar-refractivity contribution in [2.24, 2.45) is 0 Å². The molecule has 2 aromatic heterocycles. The third-order valence-corrected chi connectivity index (χ3v) is 5.14. The van der Waals surface area contributed by atoms with Crippen molar-refractivity contribution in [2.75, 3.05) is 20.2 Å². The minimum Gasteiger partial charge on any atom is -0.497 e. The van der Waals surface area contributed by atoms with Crippen LogP contribution in [0.2, 0.25) is 0 Å². The van der Waals surface area contributed by atoms with E-state index in [4.69, 9.17) is 13.9 Å². The Kier molecular flexibility index (Phi) is 4.89. The van der Waals surface area contributed by atoms with E-state index >= 15 is 0 Å². The van der Waals surface area contributed by atoms with Crippen molar-refractivity contribution in [1.82, 2.24) is 9.47 Å². The van der Waals surface area contributed by atoms with Gasteiger partial charge in [0, 0.05) is 31.8 Å². The Morgan fingerprint density at radius 1 is 1.14 bits per heavy atom. The monoisotopic (exact) mass is 382 g/mol. The summed E-state index contributed by atoms with van der Waals surface area (Å²) in [7, 11) is 1.65. The second-order valence-electron chi connectivity index (χ2n) is 7.54. The van der Waals surface area contributed by atoms with Crippen molar-refractivity contribution in [2.45, 2.75) is 39.5 Å². The van der Waals surface area contributed by atoms with Gasteiger partial charge in [0.05, 0.1) is 24.8 Å². The summed E-state index contributed by atoms with van der Waals surface area (Å²) in [5.74, 6) is 1.66. The number of hydrogen-bond acceptors (Lipinski definition) is 4. The summed E-state index contributed by atoms with van der Waals surface area (Å²) in [5.41, 5.74) is 3.41. The second-order valence-corrected chi connectivity index (χ2v) is 7.54. The van der Waals surface area contributed by atoms with Crippen LogP contribution >= 0.6 is 0 Å². The molecule has 1 aromatic carbocycles. The van der Waals surface area contributed by atoms with Gasteiger partial charge in [-0.3, -0.25) is 4.79 Å². The predicted molar refractivity (Wildman–Crippen MR) is 107 cm³/mol. The number of hydrogen-bond donors (Lipinski definition) is 0. The van der Waals surface area contributed by atoms with E-state index in [1.54, 1.807) is 7.11 Å². The van der Waals surface area contributed by atoms with Crippen LogP contribution in [0.25, 0.3) is 11.1 Å².